The quantitative estimate of drug-likeness (QED) is 0.853. The second kappa shape index (κ2) is 7.26. The highest BCUT2D eigenvalue weighted by Gasteiger charge is 2.28. The molecule has 1 unspecified atom stereocenters. The first-order chi connectivity index (χ1) is 11.6. The molecule has 1 aliphatic heterocycles. The first kappa shape index (κ1) is 16.8. The number of carbonyl (C=O) groups is 1. The van der Waals surface area contributed by atoms with Gasteiger partial charge in [-0.25, -0.2) is 0 Å². The molecule has 2 heterocycles. The van der Waals surface area contributed by atoms with Gasteiger partial charge < -0.3 is 9.64 Å². The number of benzene rings is 1. The van der Waals surface area contributed by atoms with Crippen molar-refractivity contribution in [1.29, 1.82) is 0 Å². The molecule has 0 radical (unpaired) electrons. The average molecular weight is 348 g/mol. The molecule has 1 aromatic heterocycles. The number of nitrogens with zero attached hydrogens (tertiary/aromatic N) is 3. The van der Waals surface area contributed by atoms with Crippen LogP contribution in [-0.4, -0.2) is 39.8 Å². The number of aromatic nitrogens is 2. The summed E-state index contributed by atoms with van der Waals surface area (Å²) in [6.07, 6.45) is 3.18. The normalized spacial score (nSPS) is 16.9. The summed E-state index contributed by atoms with van der Waals surface area (Å²) in [4.78, 5) is 14.5. The zero-order valence-electron chi connectivity index (χ0n) is 14.0. The minimum absolute atomic E-state index is 0.0124. The largest absolute Gasteiger partial charge is 0.479 e. The maximum atomic E-state index is 12.6. The zero-order chi connectivity index (χ0) is 17.1. The van der Waals surface area contributed by atoms with Gasteiger partial charge in [-0.3, -0.25) is 9.48 Å². The Hall–Kier alpha value is -2.01. The number of piperidine rings is 1. The first-order valence-corrected chi connectivity index (χ1v) is 8.62. The lowest BCUT2D eigenvalue weighted by Gasteiger charge is -2.33. The third-order valence-corrected chi connectivity index (χ3v) is 4.88. The Labute approximate surface area is 147 Å². The number of hydrogen-bond acceptors (Lipinski definition) is 3. The van der Waals surface area contributed by atoms with Crippen molar-refractivity contribution in [3.8, 4) is 5.75 Å². The van der Waals surface area contributed by atoms with Gasteiger partial charge in [0.2, 0.25) is 0 Å². The van der Waals surface area contributed by atoms with Crippen LogP contribution in [0.5, 0.6) is 5.75 Å². The van der Waals surface area contributed by atoms with Crippen molar-refractivity contribution < 1.29 is 9.53 Å². The van der Waals surface area contributed by atoms with E-state index in [1.807, 2.05) is 35.0 Å². The lowest BCUT2D eigenvalue weighted by Crippen LogP contribution is -2.44. The monoisotopic (exact) mass is 347 g/mol. The van der Waals surface area contributed by atoms with Crippen molar-refractivity contribution in [2.75, 3.05) is 13.1 Å². The van der Waals surface area contributed by atoms with E-state index in [-0.39, 0.29) is 5.91 Å². The van der Waals surface area contributed by atoms with E-state index in [0.717, 1.165) is 25.9 Å². The maximum absolute atomic E-state index is 12.6. The Morgan fingerprint density at radius 2 is 2.00 bits per heavy atom. The number of halogens is 1. The van der Waals surface area contributed by atoms with Crippen molar-refractivity contribution in [3.63, 3.8) is 0 Å². The highest BCUT2D eigenvalue weighted by Crippen LogP contribution is 2.28. The van der Waals surface area contributed by atoms with E-state index in [1.54, 1.807) is 19.1 Å². The minimum atomic E-state index is -0.543. The third kappa shape index (κ3) is 3.56. The summed E-state index contributed by atoms with van der Waals surface area (Å²) in [5.74, 6) is 1.02. The molecule has 0 spiro atoms. The van der Waals surface area contributed by atoms with E-state index < -0.39 is 6.10 Å². The molecule has 1 aromatic carbocycles. The van der Waals surface area contributed by atoms with E-state index in [4.69, 9.17) is 16.3 Å². The van der Waals surface area contributed by atoms with Gasteiger partial charge in [0.15, 0.2) is 6.10 Å². The second-order valence-electron chi connectivity index (χ2n) is 6.17. The number of aryl methyl sites for hydroxylation is 1. The smallest absolute Gasteiger partial charge is 0.263 e. The summed E-state index contributed by atoms with van der Waals surface area (Å²) in [6, 6.07) is 9.28. The summed E-state index contributed by atoms with van der Waals surface area (Å²) in [7, 11) is 1.96. The van der Waals surface area contributed by atoms with Crippen molar-refractivity contribution in [2.24, 2.45) is 7.05 Å². The van der Waals surface area contributed by atoms with Gasteiger partial charge in [-0.05, 0) is 38.0 Å². The SMILES string of the molecule is CC(Oc1ccccc1Cl)C(=O)N1CCC(c2ccnn2C)CC1. The molecule has 0 saturated carbocycles. The first-order valence-electron chi connectivity index (χ1n) is 8.24. The predicted octanol–water partition coefficient (Wildman–Crippen LogP) is 3.25. The number of hydrogen-bond donors (Lipinski definition) is 0. The molecule has 0 N–H and O–H groups in total. The molecule has 1 atom stereocenters. The molecular formula is C18H22ClN3O2. The van der Waals surface area contributed by atoms with Crippen LogP contribution >= 0.6 is 11.6 Å². The van der Waals surface area contributed by atoms with Crippen LogP contribution in [0.1, 0.15) is 31.4 Å². The molecule has 128 valence electrons. The van der Waals surface area contributed by atoms with Gasteiger partial charge in [-0.15, -0.1) is 0 Å². The summed E-state index contributed by atoms with van der Waals surface area (Å²) in [5, 5.41) is 4.75. The number of carbonyl (C=O) groups excluding carboxylic acids is 1. The van der Waals surface area contributed by atoms with Gasteiger partial charge in [-0.1, -0.05) is 23.7 Å². The number of likely N-dealkylation sites (tertiary alicyclic amines) is 1. The van der Waals surface area contributed by atoms with Crippen LogP contribution in [0.25, 0.3) is 0 Å². The fourth-order valence-corrected chi connectivity index (χ4v) is 3.40. The molecule has 1 saturated heterocycles. The van der Waals surface area contributed by atoms with Crippen LogP contribution in [0.3, 0.4) is 0 Å². The Bertz CT molecular complexity index is 708. The fourth-order valence-electron chi connectivity index (χ4n) is 3.22. The lowest BCUT2D eigenvalue weighted by molar-refractivity contribution is -0.139. The minimum Gasteiger partial charge on any atom is -0.479 e. The van der Waals surface area contributed by atoms with Crippen LogP contribution in [0.15, 0.2) is 36.5 Å². The maximum Gasteiger partial charge on any atom is 0.263 e. The number of rotatable bonds is 4. The Morgan fingerprint density at radius 3 is 2.62 bits per heavy atom. The summed E-state index contributed by atoms with van der Waals surface area (Å²) >= 11 is 6.09. The number of para-hydroxylation sites is 1. The van der Waals surface area contributed by atoms with E-state index in [9.17, 15) is 4.79 Å². The standard InChI is InChI=1S/C18H22ClN3O2/c1-13(24-17-6-4-3-5-15(17)19)18(23)22-11-8-14(9-12-22)16-7-10-20-21(16)2/h3-7,10,13-14H,8-9,11-12H2,1-2H3. The summed E-state index contributed by atoms with van der Waals surface area (Å²) in [5.41, 5.74) is 1.24. The molecule has 3 rings (SSSR count). The second-order valence-corrected chi connectivity index (χ2v) is 6.58. The molecule has 5 nitrogen and oxygen atoms in total. The molecule has 1 fully saturated rings. The zero-order valence-corrected chi connectivity index (χ0v) is 14.7. The predicted molar refractivity (Wildman–Crippen MR) is 93.3 cm³/mol. The van der Waals surface area contributed by atoms with Gasteiger partial charge >= 0.3 is 0 Å². The number of amides is 1. The van der Waals surface area contributed by atoms with Gasteiger partial charge in [0.05, 0.1) is 5.02 Å². The Morgan fingerprint density at radius 1 is 1.29 bits per heavy atom. The molecule has 6 heteroatoms. The van der Waals surface area contributed by atoms with Crippen molar-refractivity contribution >= 4 is 17.5 Å². The topological polar surface area (TPSA) is 47.4 Å². The molecule has 1 amide bonds. The van der Waals surface area contributed by atoms with Gasteiger partial charge in [0, 0.05) is 37.9 Å². The van der Waals surface area contributed by atoms with E-state index in [1.165, 1.54) is 5.69 Å². The molecule has 2 aromatic rings. The van der Waals surface area contributed by atoms with E-state index in [0.29, 0.717) is 16.7 Å². The third-order valence-electron chi connectivity index (χ3n) is 4.57. The molecule has 1 aliphatic rings. The van der Waals surface area contributed by atoms with Gasteiger partial charge in [0.25, 0.3) is 5.91 Å². The van der Waals surface area contributed by atoms with Crippen molar-refractivity contribution in [2.45, 2.75) is 31.8 Å². The van der Waals surface area contributed by atoms with Crippen LogP contribution < -0.4 is 4.74 Å². The Balaban J connectivity index is 1.57. The van der Waals surface area contributed by atoms with E-state index in [2.05, 4.69) is 11.2 Å². The molecule has 24 heavy (non-hydrogen) atoms. The van der Waals surface area contributed by atoms with Crippen molar-refractivity contribution in [3.05, 3.63) is 47.2 Å². The van der Waals surface area contributed by atoms with Crippen LogP contribution in [0.4, 0.5) is 0 Å². The van der Waals surface area contributed by atoms with Crippen LogP contribution in [-0.2, 0) is 11.8 Å². The Kier molecular flexibility index (Phi) is 5.09. The van der Waals surface area contributed by atoms with Crippen LogP contribution in [0.2, 0.25) is 5.02 Å². The van der Waals surface area contributed by atoms with Gasteiger partial charge in [0.1, 0.15) is 5.75 Å². The average Bonchev–Trinajstić information content (AvgIpc) is 3.02. The van der Waals surface area contributed by atoms with Crippen molar-refractivity contribution in [1.82, 2.24) is 14.7 Å². The van der Waals surface area contributed by atoms with Crippen LogP contribution in [0, 0.1) is 0 Å². The lowest BCUT2D eigenvalue weighted by atomic mass is 9.93. The highest BCUT2D eigenvalue weighted by molar-refractivity contribution is 6.32. The molecule has 0 bridgehead atoms. The highest BCUT2D eigenvalue weighted by atomic mass is 35.5. The summed E-state index contributed by atoms with van der Waals surface area (Å²) in [6.45, 7) is 3.26. The molecule has 0 aliphatic carbocycles. The molecular weight excluding hydrogens is 326 g/mol. The summed E-state index contributed by atoms with van der Waals surface area (Å²) < 4.78 is 7.66. The van der Waals surface area contributed by atoms with Gasteiger partial charge in [-0.2, -0.15) is 5.10 Å². The fraction of sp³-hybridized carbons (Fsp3) is 0.444. The van der Waals surface area contributed by atoms with E-state index >= 15 is 0 Å². The number of ether oxygens (including phenoxy) is 1.